The summed E-state index contributed by atoms with van der Waals surface area (Å²) in [7, 11) is 0. The molecule has 8 nitrogen and oxygen atoms in total. The topological polar surface area (TPSA) is 125 Å². The van der Waals surface area contributed by atoms with Gasteiger partial charge in [0, 0.05) is 15.8 Å². The molecule has 0 aliphatic heterocycles. The summed E-state index contributed by atoms with van der Waals surface area (Å²) in [4.78, 5) is 26.3. The minimum atomic E-state index is -0.892. The zero-order valence-corrected chi connectivity index (χ0v) is 8.32. The molecule has 0 amide bonds. The molecule has 0 saturated carbocycles. The molecule has 2 rings (SSSR count). The van der Waals surface area contributed by atoms with Crippen LogP contribution in [0.5, 0.6) is 0 Å². The number of nitrogens with one attached hydrogen (secondary N) is 1. The molecule has 84 valence electrons. The van der Waals surface area contributed by atoms with Gasteiger partial charge in [-0.1, -0.05) is 23.3 Å². The highest BCUT2D eigenvalue weighted by Crippen LogP contribution is 2.31. The summed E-state index contributed by atoms with van der Waals surface area (Å²) in [6.07, 6.45) is 0. The van der Waals surface area contributed by atoms with Crippen molar-refractivity contribution < 1.29 is 4.92 Å². The lowest BCUT2D eigenvalue weighted by Gasteiger charge is -2.01. The van der Waals surface area contributed by atoms with Crippen molar-refractivity contribution in [2.24, 2.45) is 5.11 Å². The van der Waals surface area contributed by atoms with Gasteiger partial charge in [0.25, 0.3) is 0 Å². The predicted octanol–water partition coefficient (Wildman–Crippen LogP) is 2.38. The van der Waals surface area contributed by atoms with Crippen molar-refractivity contribution in [1.82, 2.24) is 4.98 Å². The van der Waals surface area contributed by atoms with Gasteiger partial charge in [-0.05, 0) is 11.6 Å². The highest BCUT2D eigenvalue weighted by atomic mass is 16.6. The van der Waals surface area contributed by atoms with E-state index in [2.05, 4.69) is 15.0 Å². The van der Waals surface area contributed by atoms with Gasteiger partial charge >= 0.3 is 11.2 Å². The number of nitrogens with zero attached hydrogens (tertiary/aromatic N) is 4. The minimum Gasteiger partial charge on any atom is -0.316 e. The molecular weight excluding hydrogens is 226 g/mol. The van der Waals surface area contributed by atoms with Crippen molar-refractivity contribution in [3.05, 3.63) is 55.2 Å². The number of hydrogen-bond acceptors (Lipinski definition) is 4. The van der Waals surface area contributed by atoms with Crippen molar-refractivity contribution in [3.8, 4) is 0 Å². The molecule has 1 heterocycles. The second-order valence-corrected chi connectivity index (χ2v) is 3.14. The molecule has 1 aromatic carbocycles. The van der Waals surface area contributed by atoms with Gasteiger partial charge in [-0.15, -0.1) is 0 Å². The minimum absolute atomic E-state index is 0.267. The fraction of sp³-hybridized carbons (Fsp3) is 0. The van der Waals surface area contributed by atoms with Gasteiger partial charge in [-0.25, -0.2) is 0 Å². The molecule has 0 aliphatic rings. The summed E-state index contributed by atoms with van der Waals surface area (Å²) in [6, 6.07) is 6.38. The van der Waals surface area contributed by atoms with Crippen LogP contribution in [-0.2, 0) is 0 Å². The Kier molecular flexibility index (Phi) is 2.48. The number of pyridine rings is 1. The Morgan fingerprint density at radius 2 is 2.12 bits per heavy atom. The Morgan fingerprint density at radius 3 is 2.76 bits per heavy atom. The number of fused-ring (bicyclic) bond motifs is 1. The first-order valence-corrected chi connectivity index (χ1v) is 4.49. The van der Waals surface area contributed by atoms with Gasteiger partial charge in [0.05, 0.1) is 4.92 Å². The Labute approximate surface area is 93.3 Å². The first-order valence-electron chi connectivity index (χ1n) is 4.49. The first-order chi connectivity index (χ1) is 8.15. The van der Waals surface area contributed by atoms with Gasteiger partial charge in [0.2, 0.25) is 0 Å². The van der Waals surface area contributed by atoms with Crippen molar-refractivity contribution in [2.45, 2.75) is 0 Å². The number of rotatable bonds is 2. The fourth-order valence-corrected chi connectivity index (χ4v) is 1.53. The monoisotopic (exact) mass is 231 g/mol. The molecular formula is C9H5N5O3. The summed E-state index contributed by atoms with van der Waals surface area (Å²) >= 11 is 0. The largest absolute Gasteiger partial charge is 0.344 e. The van der Waals surface area contributed by atoms with E-state index in [-0.39, 0.29) is 5.69 Å². The Balaban J connectivity index is 3.04. The molecule has 0 spiro atoms. The van der Waals surface area contributed by atoms with Crippen LogP contribution in [0, 0.1) is 10.1 Å². The molecule has 1 aromatic heterocycles. The second kappa shape index (κ2) is 3.95. The van der Waals surface area contributed by atoms with Crippen LogP contribution in [0.3, 0.4) is 0 Å². The maximum absolute atomic E-state index is 11.5. The number of nitro groups is 1. The fourth-order valence-electron chi connectivity index (χ4n) is 1.53. The van der Waals surface area contributed by atoms with Gasteiger partial charge in [0.15, 0.2) is 0 Å². The first kappa shape index (κ1) is 10.7. The summed E-state index contributed by atoms with van der Waals surface area (Å²) in [6.45, 7) is 0. The zero-order chi connectivity index (χ0) is 12.4. The van der Waals surface area contributed by atoms with Crippen LogP contribution in [0.25, 0.3) is 21.3 Å². The van der Waals surface area contributed by atoms with E-state index in [1.807, 2.05) is 0 Å². The van der Waals surface area contributed by atoms with Crippen LogP contribution < -0.4 is 5.56 Å². The van der Waals surface area contributed by atoms with E-state index in [1.54, 1.807) is 18.2 Å². The molecule has 17 heavy (non-hydrogen) atoms. The lowest BCUT2D eigenvalue weighted by molar-refractivity contribution is -0.385. The number of benzene rings is 1. The maximum atomic E-state index is 11.5. The number of para-hydroxylation sites is 1. The number of H-pyrrole nitrogens is 1. The highest BCUT2D eigenvalue weighted by Gasteiger charge is 2.21. The molecule has 0 saturated heterocycles. The van der Waals surface area contributed by atoms with Crippen molar-refractivity contribution in [1.29, 1.82) is 0 Å². The molecule has 2 aromatic rings. The average Bonchev–Trinajstić information content (AvgIpc) is 2.28. The summed E-state index contributed by atoms with van der Waals surface area (Å²) in [5.41, 5.74) is 6.87. The molecule has 0 unspecified atom stereocenters. The summed E-state index contributed by atoms with van der Waals surface area (Å²) in [5, 5.41) is 14.3. The van der Waals surface area contributed by atoms with Crippen LogP contribution in [0.15, 0.2) is 34.2 Å². The number of aromatic amines is 1. The summed E-state index contributed by atoms with van der Waals surface area (Å²) in [5.74, 6) is 0. The van der Waals surface area contributed by atoms with Crippen LogP contribution >= 0.6 is 0 Å². The molecule has 0 aliphatic carbocycles. The van der Waals surface area contributed by atoms with Crippen LogP contribution in [0.1, 0.15) is 0 Å². The normalized spacial score (nSPS) is 9.88. The van der Waals surface area contributed by atoms with E-state index in [1.165, 1.54) is 6.07 Å². The van der Waals surface area contributed by atoms with Crippen LogP contribution in [0.4, 0.5) is 11.4 Å². The van der Waals surface area contributed by atoms with Crippen LogP contribution in [-0.4, -0.2) is 9.91 Å². The smallest absolute Gasteiger partial charge is 0.316 e. The van der Waals surface area contributed by atoms with Gasteiger partial charge < -0.3 is 4.98 Å². The Hall–Kier alpha value is -2.86. The SMILES string of the molecule is [N-]=[N+]=Nc1c([N+](=O)[O-])c(=O)[nH]c2ccccc12. The van der Waals surface area contributed by atoms with Gasteiger partial charge in [-0.2, -0.15) is 0 Å². The van der Waals surface area contributed by atoms with Gasteiger partial charge in [0.1, 0.15) is 5.69 Å². The third-order valence-corrected chi connectivity index (χ3v) is 2.20. The molecule has 0 radical (unpaired) electrons. The van der Waals surface area contributed by atoms with Crippen molar-refractivity contribution >= 4 is 22.3 Å². The van der Waals surface area contributed by atoms with E-state index >= 15 is 0 Å². The van der Waals surface area contributed by atoms with E-state index in [0.717, 1.165) is 0 Å². The van der Waals surface area contributed by atoms with Gasteiger partial charge in [-0.3, -0.25) is 14.9 Å². The van der Waals surface area contributed by atoms with Crippen LogP contribution in [0.2, 0.25) is 0 Å². The molecule has 0 bridgehead atoms. The number of azide groups is 1. The van der Waals surface area contributed by atoms with E-state index in [0.29, 0.717) is 10.9 Å². The zero-order valence-electron chi connectivity index (χ0n) is 8.32. The lowest BCUT2D eigenvalue weighted by atomic mass is 10.1. The third-order valence-electron chi connectivity index (χ3n) is 2.20. The molecule has 8 heteroatoms. The Morgan fingerprint density at radius 1 is 1.41 bits per heavy atom. The molecule has 0 atom stereocenters. The van der Waals surface area contributed by atoms with Crippen molar-refractivity contribution in [2.75, 3.05) is 0 Å². The van der Waals surface area contributed by atoms with E-state index < -0.39 is 16.2 Å². The van der Waals surface area contributed by atoms with E-state index in [4.69, 9.17) is 5.53 Å². The Bertz CT molecular complexity index is 714. The standard InChI is InChI=1S/C9H5N5O3/c10-13-12-7-5-3-1-2-4-6(5)11-9(15)8(7)14(16)17/h1-4H,(H,11,15). The maximum Gasteiger partial charge on any atom is 0.344 e. The quantitative estimate of drug-likeness (QED) is 0.280. The van der Waals surface area contributed by atoms with Crippen molar-refractivity contribution in [3.63, 3.8) is 0 Å². The molecule has 0 fully saturated rings. The third kappa shape index (κ3) is 1.68. The number of hydrogen-bond donors (Lipinski definition) is 1. The lowest BCUT2D eigenvalue weighted by Crippen LogP contribution is -2.11. The van der Waals surface area contributed by atoms with E-state index in [9.17, 15) is 14.9 Å². The average molecular weight is 231 g/mol. The summed E-state index contributed by atoms with van der Waals surface area (Å²) < 4.78 is 0. The highest BCUT2D eigenvalue weighted by molar-refractivity contribution is 5.93. The molecule has 1 N–H and O–H groups in total. The number of aromatic nitrogens is 1. The predicted molar refractivity (Wildman–Crippen MR) is 60.0 cm³/mol. The second-order valence-electron chi connectivity index (χ2n) is 3.14.